The van der Waals surface area contributed by atoms with Crippen molar-refractivity contribution in [3.05, 3.63) is 59.9 Å². The number of methoxy groups -OCH3 is 1. The van der Waals surface area contributed by atoms with Gasteiger partial charge < -0.3 is 10.1 Å². The van der Waals surface area contributed by atoms with Gasteiger partial charge in [0.05, 0.1) is 29.7 Å². The fraction of sp³-hybridized carbons (Fsp3) is 0.238. The van der Waals surface area contributed by atoms with Gasteiger partial charge in [-0.1, -0.05) is 36.0 Å². The topological polar surface area (TPSA) is 86.1 Å². The number of rotatable bonds is 7. The van der Waals surface area contributed by atoms with Crippen LogP contribution in [0.4, 0.5) is 10.1 Å². The number of carbonyl (C=O) groups excluding carboxylic acids is 2. The monoisotopic (exact) mass is 426 g/mol. The maximum Gasteiger partial charge on any atom is 0.339 e. The molecule has 1 aromatic heterocycles. The van der Waals surface area contributed by atoms with Gasteiger partial charge in [-0.15, -0.1) is 10.2 Å². The van der Waals surface area contributed by atoms with Gasteiger partial charge in [0.2, 0.25) is 5.91 Å². The number of amides is 1. The molecule has 0 radical (unpaired) electrons. The second-order valence-corrected chi connectivity index (χ2v) is 7.70. The van der Waals surface area contributed by atoms with Gasteiger partial charge in [-0.3, -0.25) is 9.36 Å². The van der Waals surface area contributed by atoms with Crippen molar-refractivity contribution in [2.24, 2.45) is 0 Å². The number of nitrogens with zero attached hydrogens (tertiary/aromatic N) is 3. The third-order valence-corrected chi connectivity index (χ3v) is 5.57. The summed E-state index contributed by atoms with van der Waals surface area (Å²) in [5, 5.41) is 11.7. The highest BCUT2D eigenvalue weighted by Gasteiger charge is 2.31. The summed E-state index contributed by atoms with van der Waals surface area (Å²) in [5.74, 6) is -0.650. The fourth-order valence-electron chi connectivity index (χ4n) is 3.06. The first-order valence-corrected chi connectivity index (χ1v) is 10.4. The van der Waals surface area contributed by atoms with E-state index in [0.717, 1.165) is 12.8 Å². The lowest BCUT2D eigenvalue weighted by Crippen LogP contribution is -2.17. The predicted molar refractivity (Wildman–Crippen MR) is 111 cm³/mol. The molecule has 1 saturated carbocycles. The van der Waals surface area contributed by atoms with Crippen LogP contribution in [0.2, 0.25) is 0 Å². The van der Waals surface area contributed by atoms with Crippen LogP contribution >= 0.6 is 11.8 Å². The number of benzene rings is 2. The van der Waals surface area contributed by atoms with Crippen molar-refractivity contribution in [3.63, 3.8) is 0 Å². The molecule has 7 nitrogen and oxygen atoms in total. The Hall–Kier alpha value is -3.20. The Balaban J connectivity index is 1.49. The standard InChI is InChI=1S/C21H19FN4O3S/c1-29-20(28)15-7-3-5-9-17(15)23-18(27)12-30-21-25-24-19(26(21)13-10-11-13)14-6-2-4-8-16(14)22/h2-9,13H,10-12H2,1H3,(H,23,27). The van der Waals surface area contributed by atoms with Crippen LogP contribution in [-0.4, -0.2) is 39.5 Å². The summed E-state index contributed by atoms with van der Waals surface area (Å²) in [6.07, 6.45) is 1.93. The van der Waals surface area contributed by atoms with Crippen molar-refractivity contribution in [1.29, 1.82) is 0 Å². The normalized spacial score (nSPS) is 13.1. The Morgan fingerprint density at radius 2 is 1.90 bits per heavy atom. The van der Waals surface area contributed by atoms with Crippen molar-refractivity contribution < 1.29 is 18.7 Å². The fourth-order valence-corrected chi connectivity index (χ4v) is 3.87. The highest BCUT2D eigenvalue weighted by atomic mass is 32.2. The summed E-state index contributed by atoms with van der Waals surface area (Å²) in [4.78, 5) is 24.3. The Bertz CT molecular complexity index is 1100. The van der Waals surface area contributed by atoms with Gasteiger partial charge in [-0.05, 0) is 37.1 Å². The summed E-state index contributed by atoms with van der Waals surface area (Å²) < 4.78 is 20.9. The number of nitrogens with one attached hydrogen (secondary N) is 1. The molecule has 1 N–H and O–H groups in total. The molecule has 1 aliphatic carbocycles. The molecule has 1 heterocycles. The number of hydrogen-bond donors (Lipinski definition) is 1. The van der Waals surface area contributed by atoms with E-state index in [1.807, 2.05) is 4.57 Å². The molecule has 154 valence electrons. The highest BCUT2D eigenvalue weighted by Crippen LogP contribution is 2.41. The Morgan fingerprint density at radius 3 is 2.63 bits per heavy atom. The Kier molecular flexibility index (Phi) is 5.80. The molecule has 0 unspecified atom stereocenters. The zero-order valence-electron chi connectivity index (χ0n) is 16.2. The first-order chi connectivity index (χ1) is 14.6. The smallest absolute Gasteiger partial charge is 0.339 e. The predicted octanol–water partition coefficient (Wildman–Crippen LogP) is 3.94. The van der Waals surface area contributed by atoms with Gasteiger partial charge in [0.25, 0.3) is 0 Å². The number of ether oxygens (including phenoxy) is 1. The minimum atomic E-state index is -0.526. The molecule has 9 heteroatoms. The lowest BCUT2D eigenvalue weighted by atomic mass is 10.2. The average molecular weight is 426 g/mol. The lowest BCUT2D eigenvalue weighted by molar-refractivity contribution is -0.113. The van der Waals surface area contributed by atoms with E-state index in [2.05, 4.69) is 15.5 Å². The van der Waals surface area contributed by atoms with E-state index in [4.69, 9.17) is 4.74 Å². The van der Waals surface area contributed by atoms with E-state index in [0.29, 0.717) is 22.2 Å². The van der Waals surface area contributed by atoms with Crippen LogP contribution in [0.1, 0.15) is 29.2 Å². The third kappa shape index (κ3) is 4.20. The molecule has 0 aliphatic heterocycles. The maximum absolute atomic E-state index is 14.2. The Morgan fingerprint density at radius 1 is 1.17 bits per heavy atom. The molecule has 4 rings (SSSR count). The summed E-state index contributed by atoms with van der Waals surface area (Å²) in [6.45, 7) is 0. The summed E-state index contributed by atoms with van der Waals surface area (Å²) in [6, 6.07) is 13.3. The number of anilines is 1. The second-order valence-electron chi connectivity index (χ2n) is 6.76. The van der Waals surface area contributed by atoms with E-state index >= 15 is 0 Å². The minimum absolute atomic E-state index is 0.0671. The number of thioether (sulfide) groups is 1. The van der Waals surface area contributed by atoms with Crippen LogP contribution in [0, 0.1) is 5.82 Å². The van der Waals surface area contributed by atoms with Gasteiger partial charge in [0.1, 0.15) is 5.82 Å². The van der Waals surface area contributed by atoms with E-state index < -0.39 is 5.97 Å². The molecule has 1 amide bonds. The largest absolute Gasteiger partial charge is 0.465 e. The van der Waals surface area contributed by atoms with E-state index in [-0.39, 0.29) is 29.1 Å². The van der Waals surface area contributed by atoms with E-state index in [1.54, 1.807) is 42.5 Å². The van der Waals surface area contributed by atoms with Crippen molar-refractivity contribution >= 4 is 29.3 Å². The van der Waals surface area contributed by atoms with Crippen molar-refractivity contribution in [1.82, 2.24) is 14.8 Å². The Labute approximate surface area is 176 Å². The number of esters is 1. The number of halogens is 1. The highest BCUT2D eigenvalue weighted by molar-refractivity contribution is 7.99. The molecule has 0 saturated heterocycles. The number of carbonyl (C=O) groups is 2. The molecule has 0 bridgehead atoms. The average Bonchev–Trinajstić information content (AvgIpc) is 3.51. The SMILES string of the molecule is COC(=O)c1ccccc1NC(=O)CSc1nnc(-c2ccccc2F)n1C1CC1. The molecule has 30 heavy (non-hydrogen) atoms. The van der Waals surface area contributed by atoms with E-state index in [1.165, 1.54) is 24.9 Å². The first-order valence-electron chi connectivity index (χ1n) is 9.38. The molecule has 1 aliphatic rings. The second kappa shape index (κ2) is 8.66. The number of hydrogen-bond acceptors (Lipinski definition) is 6. The summed E-state index contributed by atoms with van der Waals surface area (Å²) in [5.41, 5.74) is 1.05. The van der Waals surface area contributed by atoms with Gasteiger partial charge in [-0.2, -0.15) is 0 Å². The third-order valence-electron chi connectivity index (χ3n) is 4.63. The van der Waals surface area contributed by atoms with E-state index in [9.17, 15) is 14.0 Å². The summed E-state index contributed by atoms with van der Waals surface area (Å²) >= 11 is 1.22. The van der Waals surface area contributed by atoms with Crippen LogP contribution in [0.15, 0.2) is 53.7 Å². The van der Waals surface area contributed by atoms with Gasteiger partial charge in [-0.25, -0.2) is 9.18 Å². The van der Waals surface area contributed by atoms with Crippen LogP contribution in [0.25, 0.3) is 11.4 Å². The molecule has 2 aromatic carbocycles. The quantitative estimate of drug-likeness (QED) is 0.455. The van der Waals surface area contributed by atoms with Gasteiger partial charge in [0, 0.05) is 6.04 Å². The van der Waals surface area contributed by atoms with Gasteiger partial charge in [0.15, 0.2) is 11.0 Å². The number of aromatic nitrogens is 3. The van der Waals surface area contributed by atoms with Crippen LogP contribution in [0.5, 0.6) is 0 Å². The molecular weight excluding hydrogens is 407 g/mol. The van der Waals surface area contributed by atoms with Crippen LogP contribution in [-0.2, 0) is 9.53 Å². The van der Waals surface area contributed by atoms with Crippen molar-refractivity contribution in [2.75, 3.05) is 18.2 Å². The lowest BCUT2D eigenvalue weighted by Gasteiger charge is -2.11. The van der Waals surface area contributed by atoms with Crippen LogP contribution < -0.4 is 5.32 Å². The molecule has 1 fully saturated rings. The first kappa shape index (κ1) is 20.1. The minimum Gasteiger partial charge on any atom is -0.465 e. The molecule has 3 aromatic rings. The van der Waals surface area contributed by atoms with Crippen molar-refractivity contribution in [3.8, 4) is 11.4 Å². The van der Waals surface area contributed by atoms with Gasteiger partial charge >= 0.3 is 5.97 Å². The summed E-state index contributed by atoms with van der Waals surface area (Å²) in [7, 11) is 1.29. The van der Waals surface area contributed by atoms with Crippen LogP contribution in [0.3, 0.4) is 0 Å². The zero-order chi connectivity index (χ0) is 21.1. The molecule has 0 atom stereocenters. The maximum atomic E-state index is 14.2. The zero-order valence-corrected chi connectivity index (χ0v) is 17.0. The molecule has 0 spiro atoms. The van der Waals surface area contributed by atoms with Crippen molar-refractivity contribution in [2.45, 2.75) is 24.0 Å². The molecular formula is C21H19FN4O3S. The number of para-hydroxylation sites is 1.